The van der Waals surface area contributed by atoms with Crippen molar-refractivity contribution in [3.05, 3.63) is 58.9 Å². The predicted octanol–water partition coefficient (Wildman–Crippen LogP) is 4.40. The van der Waals surface area contributed by atoms with E-state index in [9.17, 15) is 5.11 Å². The van der Waals surface area contributed by atoms with Crippen LogP contribution in [0, 0.1) is 0 Å². The van der Waals surface area contributed by atoms with Crippen LogP contribution in [0.4, 0.5) is 0 Å². The lowest BCUT2D eigenvalue weighted by atomic mass is 10.1. The number of phenolic OH excluding ortho intramolecular Hbond substituents is 1. The molecule has 3 rings (SSSR count). The Morgan fingerprint density at radius 1 is 1.19 bits per heavy atom. The number of halogens is 1. The molecule has 0 saturated carbocycles. The molecule has 3 nitrogen and oxygen atoms in total. The number of fused-ring (bicyclic) bond motifs is 1. The van der Waals surface area contributed by atoms with Crippen LogP contribution >= 0.6 is 11.6 Å². The fourth-order valence-corrected chi connectivity index (χ4v) is 2.70. The third kappa shape index (κ3) is 2.74. The summed E-state index contributed by atoms with van der Waals surface area (Å²) < 4.78 is 2.25. The van der Waals surface area contributed by atoms with Crippen molar-refractivity contribution in [2.45, 2.75) is 26.3 Å². The van der Waals surface area contributed by atoms with E-state index < -0.39 is 0 Å². The first kappa shape index (κ1) is 14.0. The van der Waals surface area contributed by atoms with E-state index in [1.165, 1.54) is 0 Å². The molecular weight excluding hydrogens is 284 g/mol. The van der Waals surface area contributed by atoms with Crippen molar-refractivity contribution in [2.24, 2.45) is 0 Å². The first-order chi connectivity index (χ1) is 10.2. The van der Waals surface area contributed by atoms with Crippen LogP contribution in [0.5, 0.6) is 5.75 Å². The first-order valence-electron chi connectivity index (χ1n) is 7.10. The number of aromatic nitrogens is 2. The molecule has 0 aliphatic heterocycles. The lowest BCUT2D eigenvalue weighted by molar-refractivity contribution is 0.475. The Labute approximate surface area is 128 Å². The lowest BCUT2D eigenvalue weighted by Gasteiger charge is -2.08. The molecule has 4 heteroatoms. The minimum Gasteiger partial charge on any atom is -0.506 e. The number of benzene rings is 2. The third-order valence-corrected chi connectivity index (χ3v) is 3.87. The highest BCUT2D eigenvalue weighted by Gasteiger charge is 2.11. The van der Waals surface area contributed by atoms with E-state index in [4.69, 9.17) is 16.6 Å². The minimum atomic E-state index is 0.118. The molecule has 1 heterocycles. The normalized spacial score (nSPS) is 11.1. The molecule has 0 aliphatic rings. The molecule has 0 amide bonds. The summed E-state index contributed by atoms with van der Waals surface area (Å²) in [6, 6.07) is 13.5. The van der Waals surface area contributed by atoms with Crippen LogP contribution in [0.3, 0.4) is 0 Å². The molecule has 108 valence electrons. The highest BCUT2D eigenvalue weighted by molar-refractivity contribution is 6.32. The Kier molecular flexibility index (Phi) is 3.84. The molecule has 0 unspecified atom stereocenters. The van der Waals surface area contributed by atoms with E-state index in [1.54, 1.807) is 12.1 Å². The van der Waals surface area contributed by atoms with Crippen LogP contribution in [-0.2, 0) is 13.0 Å². The summed E-state index contributed by atoms with van der Waals surface area (Å²) in [6.07, 6.45) is 1.73. The van der Waals surface area contributed by atoms with Gasteiger partial charge in [-0.2, -0.15) is 0 Å². The number of nitrogens with zero attached hydrogens (tertiary/aromatic N) is 2. The molecular formula is C17H17ClN2O. The maximum atomic E-state index is 9.73. The second-order valence-electron chi connectivity index (χ2n) is 5.13. The number of hydrogen-bond donors (Lipinski definition) is 1. The first-order valence-corrected chi connectivity index (χ1v) is 7.48. The summed E-state index contributed by atoms with van der Waals surface area (Å²) in [4.78, 5) is 4.73. The topological polar surface area (TPSA) is 38.0 Å². The smallest absolute Gasteiger partial charge is 0.134 e. The summed E-state index contributed by atoms with van der Waals surface area (Å²) in [5, 5.41) is 10.1. The van der Waals surface area contributed by atoms with Gasteiger partial charge in [0.1, 0.15) is 11.6 Å². The molecule has 21 heavy (non-hydrogen) atoms. The van der Waals surface area contributed by atoms with Crippen molar-refractivity contribution < 1.29 is 5.11 Å². The highest BCUT2D eigenvalue weighted by atomic mass is 35.5. The second-order valence-corrected chi connectivity index (χ2v) is 5.54. The minimum absolute atomic E-state index is 0.118. The molecule has 1 aromatic heterocycles. The van der Waals surface area contributed by atoms with Gasteiger partial charge < -0.3 is 9.67 Å². The number of hydrogen-bond acceptors (Lipinski definition) is 2. The average molecular weight is 301 g/mol. The van der Waals surface area contributed by atoms with Crippen molar-refractivity contribution in [1.82, 2.24) is 9.55 Å². The highest BCUT2D eigenvalue weighted by Crippen LogP contribution is 2.26. The van der Waals surface area contributed by atoms with Crippen molar-refractivity contribution >= 4 is 22.6 Å². The van der Waals surface area contributed by atoms with Crippen LogP contribution in [-0.4, -0.2) is 14.7 Å². The van der Waals surface area contributed by atoms with Gasteiger partial charge in [0, 0.05) is 13.0 Å². The average Bonchev–Trinajstić information content (AvgIpc) is 2.81. The molecule has 0 saturated heterocycles. The summed E-state index contributed by atoms with van der Waals surface area (Å²) in [7, 11) is 0. The number of aryl methyl sites for hydroxylation is 1. The van der Waals surface area contributed by atoms with Gasteiger partial charge in [-0.3, -0.25) is 0 Å². The molecule has 0 aliphatic carbocycles. The third-order valence-electron chi connectivity index (χ3n) is 3.55. The van der Waals surface area contributed by atoms with Crippen molar-refractivity contribution in [2.75, 3.05) is 0 Å². The second kappa shape index (κ2) is 5.78. The molecule has 0 spiro atoms. The van der Waals surface area contributed by atoms with E-state index >= 15 is 0 Å². The fraction of sp³-hybridized carbons (Fsp3) is 0.235. The Balaban J connectivity index is 2.02. The fourth-order valence-electron chi connectivity index (χ4n) is 2.58. The van der Waals surface area contributed by atoms with Crippen LogP contribution in [0.25, 0.3) is 11.0 Å². The summed E-state index contributed by atoms with van der Waals surface area (Å²) >= 11 is 5.86. The van der Waals surface area contributed by atoms with Gasteiger partial charge in [0.25, 0.3) is 0 Å². The Bertz CT molecular complexity index is 780. The van der Waals surface area contributed by atoms with E-state index in [-0.39, 0.29) is 5.75 Å². The zero-order valence-corrected chi connectivity index (χ0v) is 12.6. The number of rotatable bonds is 4. The molecule has 3 aromatic rings. The Hall–Kier alpha value is -2.00. The van der Waals surface area contributed by atoms with E-state index in [0.717, 1.165) is 35.4 Å². The quantitative estimate of drug-likeness (QED) is 0.775. The number of para-hydroxylation sites is 2. The van der Waals surface area contributed by atoms with Gasteiger partial charge in [0.2, 0.25) is 0 Å². The molecule has 2 aromatic carbocycles. The van der Waals surface area contributed by atoms with Crippen LogP contribution in [0.15, 0.2) is 42.5 Å². The Morgan fingerprint density at radius 2 is 2.00 bits per heavy atom. The zero-order valence-electron chi connectivity index (χ0n) is 11.9. The van der Waals surface area contributed by atoms with Gasteiger partial charge in [-0.05, 0) is 36.2 Å². The molecule has 0 fully saturated rings. The lowest BCUT2D eigenvalue weighted by Crippen LogP contribution is -2.04. The van der Waals surface area contributed by atoms with Gasteiger partial charge >= 0.3 is 0 Å². The van der Waals surface area contributed by atoms with Crippen LogP contribution in [0.2, 0.25) is 5.02 Å². The van der Waals surface area contributed by atoms with Crippen molar-refractivity contribution in [1.29, 1.82) is 0 Å². The molecule has 0 atom stereocenters. The molecule has 0 radical (unpaired) electrons. The van der Waals surface area contributed by atoms with E-state index in [1.807, 2.05) is 24.3 Å². The monoisotopic (exact) mass is 300 g/mol. The number of aromatic hydroxyl groups is 1. The number of phenols is 1. The summed E-state index contributed by atoms with van der Waals surface area (Å²) in [5.74, 6) is 1.13. The molecule has 0 bridgehead atoms. The van der Waals surface area contributed by atoms with Gasteiger partial charge in [-0.15, -0.1) is 0 Å². The van der Waals surface area contributed by atoms with Gasteiger partial charge in [-0.25, -0.2) is 4.98 Å². The van der Waals surface area contributed by atoms with Crippen molar-refractivity contribution in [3.63, 3.8) is 0 Å². The van der Waals surface area contributed by atoms with Crippen LogP contribution < -0.4 is 0 Å². The SMILES string of the molecule is CCCn1c(Cc2ccc(Cl)c(O)c2)nc2ccccc21. The van der Waals surface area contributed by atoms with E-state index in [0.29, 0.717) is 11.4 Å². The summed E-state index contributed by atoms with van der Waals surface area (Å²) in [5.41, 5.74) is 3.18. The number of imidazole rings is 1. The maximum Gasteiger partial charge on any atom is 0.134 e. The largest absolute Gasteiger partial charge is 0.506 e. The zero-order chi connectivity index (χ0) is 14.8. The molecule has 1 N–H and O–H groups in total. The summed E-state index contributed by atoms with van der Waals surface area (Å²) in [6.45, 7) is 3.10. The standard InChI is InChI=1S/C17H17ClN2O/c1-2-9-20-15-6-4-3-5-14(15)19-17(20)11-12-7-8-13(18)16(21)10-12/h3-8,10,21H,2,9,11H2,1H3. The predicted molar refractivity (Wildman–Crippen MR) is 85.9 cm³/mol. The Morgan fingerprint density at radius 3 is 2.76 bits per heavy atom. The van der Waals surface area contributed by atoms with Gasteiger partial charge in [0.05, 0.1) is 16.1 Å². The van der Waals surface area contributed by atoms with Gasteiger partial charge in [-0.1, -0.05) is 36.7 Å². The van der Waals surface area contributed by atoms with Gasteiger partial charge in [0.15, 0.2) is 0 Å². The van der Waals surface area contributed by atoms with E-state index in [2.05, 4.69) is 17.6 Å². The van der Waals surface area contributed by atoms with Crippen molar-refractivity contribution in [3.8, 4) is 5.75 Å². The van der Waals surface area contributed by atoms with Crippen LogP contribution in [0.1, 0.15) is 24.7 Å². The maximum absolute atomic E-state index is 9.73.